The molecule has 6 nitrogen and oxygen atoms in total. The van der Waals surface area contributed by atoms with Crippen molar-refractivity contribution in [2.45, 2.75) is 19.4 Å². The van der Waals surface area contributed by atoms with Crippen LogP contribution in [-0.4, -0.2) is 41.3 Å². The van der Waals surface area contributed by atoms with Crippen molar-refractivity contribution in [2.24, 2.45) is 0 Å². The Morgan fingerprint density at radius 1 is 1.04 bits per heavy atom. The second kappa shape index (κ2) is 8.39. The van der Waals surface area contributed by atoms with Crippen molar-refractivity contribution in [1.82, 2.24) is 15.2 Å². The van der Waals surface area contributed by atoms with E-state index in [0.717, 1.165) is 30.9 Å². The molecule has 2 aromatic rings. The van der Waals surface area contributed by atoms with Crippen LogP contribution in [-0.2, 0) is 11.3 Å². The third-order valence-electron chi connectivity index (χ3n) is 4.19. The highest BCUT2D eigenvalue weighted by atomic mass is 16.2. The summed E-state index contributed by atoms with van der Waals surface area (Å²) in [5, 5.41) is 5.48. The molecule has 2 heterocycles. The van der Waals surface area contributed by atoms with Crippen molar-refractivity contribution in [1.29, 1.82) is 0 Å². The van der Waals surface area contributed by atoms with Crippen LogP contribution in [0.1, 0.15) is 28.9 Å². The first-order valence-electron chi connectivity index (χ1n) is 8.52. The molecule has 0 aliphatic carbocycles. The molecule has 2 N–H and O–H groups in total. The Labute approximate surface area is 147 Å². The first-order valence-corrected chi connectivity index (χ1v) is 8.52. The molecule has 130 valence electrons. The summed E-state index contributed by atoms with van der Waals surface area (Å²) in [6.07, 6.45) is 4.01. The number of likely N-dealkylation sites (tertiary alicyclic amines) is 1. The van der Waals surface area contributed by atoms with Gasteiger partial charge in [-0.3, -0.25) is 19.5 Å². The van der Waals surface area contributed by atoms with E-state index < -0.39 is 0 Å². The zero-order valence-corrected chi connectivity index (χ0v) is 14.1. The molecule has 0 saturated carbocycles. The molecule has 1 aliphatic heterocycles. The zero-order valence-electron chi connectivity index (χ0n) is 14.1. The van der Waals surface area contributed by atoms with Gasteiger partial charge >= 0.3 is 0 Å². The fourth-order valence-electron chi connectivity index (χ4n) is 2.90. The number of aromatic nitrogens is 1. The maximum Gasteiger partial charge on any atom is 0.270 e. The van der Waals surface area contributed by atoms with Crippen molar-refractivity contribution in [3.8, 4) is 0 Å². The maximum atomic E-state index is 12.2. The van der Waals surface area contributed by atoms with E-state index in [-0.39, 0.29) is 18.4 Å². The summed E-state index contributed by atoms with van der Waals surface area (Å²) in [5.41, 5.74) is 2.19. The monoisotopic (exact) mass is 338 g/mol. The predicted octanol–water partition coefficient (Wildman–Crippen LogP) is 2.05. The van der Waals surface area contributed by atoms with Gasteiger partial charge in [0.15, 0.2) is 0 Å². The molecule has 0 spiro atoms. The molecule has 0 atom stereocenters. The molecule has 0 bridgehead atoms. The number of hydrogen-bond acceptors (Lipinski definition) is 4. The minimum Gasteiger partial charge on any atom is -0.342 e. The standard InChI is InChI=1S/C19H22N4O2/c24-18(13-21-19(25)17-9-3-4-10-20-17)22-16-8-2-1-7-15(16)14-23-11-5-6-12-23/h1-4,7-10H,5-6,11-14H2,(H,21,25)(H,22,24). The van der Waals surface area contributed by atoms with Crippen LogP contribution < -0.4 is 10.6 Å². The van der Waals surface area contributed by atoms with Crippen LogP contribution in [0.2, 0.25) is 0 Å². The fraction of sp³-hybridized carbons (Fsp3) is 0.316. The van der Waals surface area contributed by atoms with Gasteiger partial charge in [0.05, 0.1) is 6.54 Å². The Balaban J connectivity index is 1.55. The van der Waals surface area contributed by atoms with Crippen molar-refractivity contribution >= 4 is 17.5 Å². The van der Waals surface area contributed by atoms with E-state index in [9.17, 15) is 9.59 Å². The number of benzene rings is 1. The minimum atomic E-state index is -0.360. The van der Waals surface area contributed by atoms with Crippen LogP contribution in [0.5, 0.6) is 0 Å². The lowest BCUT2D eigenvalue weighted by molar-refractivity contribution is -0.115. The number of nitrogens with one attached hydrogen (secondary N) is 2. The third kappa shape index (κ3) is 4.87. The molecular weight excluding hydrogens is 316 g/mol. The van der Waals surface area contributed by atoms with E-state index >= 15 is 0 Å². The van der Waals surface area contributed by atoms with Crippen LogP contribution in [0, 0.1) is 0 Å². The number of carbonyl (C=O) groups excluding carboxylic acids is 2. The van der Waals surface area contributed by atoms with Crippen molar-refractivity contribution in [3.63, 3.8) is 0 Å². The molecule has 0 radical (unpaired) electrons. The number of rotatable bonds is 6. The first-order chi connectivity index (χ1) is 12.2. The topological polar surface area (TPSA) is 74.3 Å². The van der Waals surface area contributed by atoms with E-state index in [4.69, 9.17) is 0 Å². The lowest BCUT2D eigenvalue weighted by Gasteiger charge is -2.18. The zero-order chi connectivity index (χ0) is 17.5. The summed E-state index contributed by atoms with van der Waals surface area (Å²) in [6, 6.07) is 12.9. The van der Waals surface area contributed by atoms with Gasteiger partial charge in [0, 0.05) is 18.4 Å². The lowest BCUT2D eigenvalue weighted by Crippen LogP contribution is -2.33. The van der Waals surface area contributed by atoms with Gasteiger partial charge in [-0.2, -0.15) is 0 Å². The molecule has 6 heteroatoms. The summed E-state index contributed by atoms with van der Waals surface area (Å²) in [6.45, 7) is 2.94. The average Bonchev–Trinajstić information content (AvgIpc) is 3.15. The third-order valence-corrected chi connectivity index (χ3v) is 4.19. The van der Waals surface area contributed by atoms with Gasteiger partial charge in [-0.15, -0.1) is 0 Å². The van der Waals surface area contributed by atoms with Gasteiger partial charge < -0.3 is 10.6 Å². The second-order valence-electron chi connectivity index (χ2n) is 6.09. The highest BCUT2D eigenvalue weighted by molar-refractivity contribution is 5.98. The highest BCUT2D eigenvalue weighted by Gasteiger charge is 2.15. The number of anilines is 1. The van der Waals surface area contributed by atoms with Crippen LogP contribution >= 0.6 is 0 Å². The normalized spacial score (nSPS) is 14.2. The second-order valence-corrected chi connectivity index (χ2v) is 6.09. The quantitative estimate of drug-likeness (QED) is 0.845. The van der Waals surface area contributed by atoms with Gasteiger partial charge in [0.1, 0.15) is 5.69 Å². The number of hydrogen-bond donors (Lipinski definition) is 2. The predicted molar refractivity (Wildman–Crippen MR) is 96.2 cm³/mol. The Morgan fingerprint density at radius 3 is 2.56 bits per heavy atom. The van der Waals surface area contributed by atoms with Gasteiger partial charge in [-0.25, -0.2) is 0 Å². The van der Waals surface area contributed by atoms with E-state index in [1.165, 1.54) is 12.8 Å². The van der Waals surface area contributed by atoms with E-state index in [2.05, 4.69) is 20.5 Å². The van der Waals surface area contributed by atoms with Crippen LogP contribution in [0.15, 0.2) is 48.7 Å². The Morgan fingerprint density at radius 2 is 1.80 bits per heavy atom. The molecule has 1 saturated heterocycles. The van der Waals surface area contributed by atoms with Gasteiger partial charge in [-0.05, 0) is 49.7 Å². The van der Waals surface area contributed by atoms with Crippen LogP contribution in [0.3, 0.4) is 0 Å². The van der Waals surface area contributed by atoms with Gasteiger partial charge in [0.2, 0.25) is 5.91 Å². The van der Waals surface area contributed by atoms with Crippen LogP contribution in [0.25, 0.3) is 0 Å². The number of pyridine rings is 1. The number of carbonyl (C=O) groups is 2. The molecular formula is C19H22N4O2. The Bertz CT molecular complexity index is 727. The molecule has 1 fully saturated rings. The average molecular weight is 338 g/mol. The smallest absolute Gasteiger partial charge is 0.270 e. The maximum absolute atomic E-state index is 12.2. The van der Waals surface area contributed by atoms with Crippen LogP contribution in [0.4, 0.5) is 5.69 Å². The summed E-state index contributed by atoms with van der Waals surface area (Å²) in [5.74, 6) is -0.612. The number of para-hydroxylation sites is 1. The van der Waals surface area contributed by atoms with E-state index in [0.29, 0.717) is 5.69 Å². The molecule has 0 unspecified atom stereocenters. The Hall–Kier alpha value is -2.73. The van der Waals surface area contributed by atoms with Gasteiger partial charge in [-0.1, -0.05) is 24.3 Å². The summed E-state index contributed by atoms with van der Waals surface area (Å²) < 4.78 is 0. The summed E-state index contributed by atoms with van der Waals surface area (Å²) in [7, 11) is 0. The number of amides is 2. The van der Waals surface area contributed by atoms with Crippen molar-refractivity contribution in [3.05, 3.63) is 59.9 Å². The van der Waals surface area contributed by atoms with E-state index in [1.807, 2.05) is 24.3 Å². The lowest BCUT2D eigenvalue weighted by atomic mass is 10.1. The van der Waals surface area contributed by atoms with Crippen molar-refractivity contribution in [2.75, 3.05) is 25.0 Å². The fourth-order valence-corrected chi connectivity index (χ4v) is 2.90. The molecule has 1 aromatic heterocycles. The molecule has 25 heavy (non-hydrogen) atoms. The minimum absolute atomic E-state index is 0.0898. The molecule has 1 aliphatic rings. The number of nitrogens with zero attached hydrogens (tertiary/aromatic N) is 2. The first kappa shape index (κ1) is 17.1. The largest absolute Gasteiger partial charge is 0.342 e. The van der Waals surface area contributed by atoms with Gasteiger partial charge in [0.25, 0.3) is 5.91 Å². The van der Waals surface area contributed by atoms with Crippen molar-refractivity contribution < 1.29 is 9.59 Å². The molecule has 2 amide bonds. The Kier molecular flexibility index (Phi) is 5.74. The molecule has 3 rings (SSSR count). The van der Waals surface area contributed by atoms with E-state index in [1.54, 1.807) is 24.4 Å². The summed E-state index contributed by atoms with van der Waals surface area (Å²) in [4.78, 5) is 30.5. The highest BCUT2D eigenvalue weighted by Crippen LogP contribution is 2.19. The molecule has 1 aromatic carbocycles. The SMILES string of the molecule is O=C(CNC(=O)c1ccccn1)Nc1ccccc1CN1CCCC1. The summed E-state index contributed by atoms with van der Waals surface area (Å²) >= 11 is 0.